The molecule has 0 aliphatic carbocycles. The van der Waals surface area contributed by atoms with Crippen LogP contribution < -0.4 is 4.90 Å². The molecule has 5 heteroatoms. The summed E-state index contributed by atoms with van der Waals surface area (Å²) in [5.74, 6) is -1.97. The molecule has 2 aliphatic heterocycles. The molecule has 0 spiro atoms. The van der Waals surface area contributed by atoms with E-state index in [2.05, 4.69) is 4.90 Å². The first kappa shape index (κ1) is 15.0. The number of rotatable bonds is 4. The Balaban J connectivity index is 1.77. The Labute approximate surface area is 130 Å². The molecule has 1 N–H and O–H groups in total. The number of hydrogen-bond acceptors (Lipinski definition) is 3. The molecule has 0 radical (unpaired) electrons. The highest BCUT2D eigenvalue weighted by Gasteiger charge is 2.45. The summed E-state index contributed by atoms with van der Waals surface area (Å²) < 4.78 is 0. The Hall–Kier alpha value is -1.88. The topological polar surface area (TPSA) is 60.9 Å². The molecular weight excluding hydrogens is 280 g/mol. The largest absolute Gasteiger partial charge is 0.481 e. The number of para-hydroxylation sites is 1. The Morgan fingerprint density at radius 2 is 1.82 bits per heavy atom. The molecule has 2 saturated heterocycles. The summed E-state index contributed by atoms with van der Waals surface area (Å²) >= 11 is 0. The predicted molar refractivity (Wildman–Crippen MR) is 83.7 cm³/mol. The number of hydrogen-bond donors (Lipinski definition) is 1. The molecule has 1 amide bonds. The molecule has 118 valence electrons. The normalized spacial score (nSPS) is 26.4. The van der Waals surface area contributed by atoms with Crippen molar-refractivity contribution in [3.05, 3.63) is 30.3 Å². The van der Waals surface area contributed by atoms with Crippen molar-refractivity contribution in [2.45, 2.75) is 19.3 Å². The lowest BCUT2D eigenvalue weighted by Gasteiger charge is -2.29. The zero-order valence-electron chi connectivity index (χ0n) is 12.6. The Bertz CT molecular complexity index is 540. The van der Waals surface area contributed by atoms with Gasteiger partial charge in [-0.3, -0.25) is 9.59 Å². The van der Waals surface area contributed by atoms with Crippen molar-refractivity contribution >= 4 is 17.6 Å². The molecule has 2 aliphatic rings. The summed E-state index contributed by atoms with van der Waals surface area (Å²) in [6.45, 7) is 2.79. The van der Waals surface area contributed by atoms with E-state index < -0.39 is 17.8 Å². The lowest BCUT2D eigenvalue weighted by molar-refractivity contribution is -0.144. The lowest BCUT2D eigenvalue weighted by atomic mass is 9.94. The van der Waals surface area contributed by atoms with Crippen molar-refractivity contribution in [3.8, 4) is 0 Å². The standard InChI is InChI=1S/C17H22N2O3/c20-16-14(11-18-9-5-2-6-10-18)15(17(21)22)12-19(16)13-7-3-1-4-8-13/h1,3-4,7-8,14-15H,2,5-6,9-12H2,(H,21,22). The molecule has 3 rings (SSSR count). The second kappa shape index (κ2) is 6.48. The number of amides is 1. The molecule has 0 aromatic heterocycles. The molecule has 1 aromatic carbocycles. The third-order valence-electron chi connectivity index (χ3n) is 4.74. The van der Waals surface area contributed by atoms with E-state index in [1.54, 1.807) is 4.90 Å². The Kier molecular flexibility index (Phi) is 4.43. The summed E-state index contributed by atoms with van der Waals surface area (Å²) in [6, 6.07) is 9.36. The summed E-state index contributed by atoms with van der Waals surface area (Å²) in [5.41, 5.74) is 0.792. The maximum atomic E-state index is 12.7. The van der Waals surface area contributed by atoms with Gasteiger partial charge in [-0.15, -0.1) is 0 Å². The maximum absolute atomic E-state index is 12.7. The minimum absolute atomic E-state index is 0.0517. The lowest BCUT2D eigenvalue weighted by Crippen LogP contribution is -2.40. The fraction of sp³-hybridized carbons (Fsp3) is 0.529. The molecular formula is C17H22N2O3. The van der Waals surface area contributed by atoms with Gasteiger partial charge < -0.3 is 14.9 Å². The molecule has 22 heavy (non-hydrogen) atoms. The number of carboxylic acids is 1. The van der Waals surface area contributed by atoms with Crippen LogP contribution in [0.2, 0.25) is 0 Å². The van der Waals surface area contributed by atoms with E-state index in [9.17, 15) is 14.7 Å². The van der Waals surface area contributed by atoms with Crippen molar-refractivity contribution in [3.63, 3.8) is 0 Å². The van der Waals surface area contributed by atoms with Crippen LogP contribution >= 0.6 is 0 Å². The van der Waals surface area contributed by atoms with E-state index in [4.69, 9.17) is 0 Å². The number of carboxylic acid groups (broad SMARTS) is 1. The van der Waals surface area contributed by atoms with Gasteiger partial charge in [-0.2, -0.15) is 0 Å². The van der Waals surface area contributed by atoms with Gasteiger partial charge in [0.1, 0.15) is 0 Å². The van der Waals surface area contributed by atoms with Crippen LogP contribution in [0.1, 0.15) is 19.3 Å². The number of carbonyl (C=O) groups excluding carboxylic acids is 1. The highest BCUT2D eigenvalue weighted by molar-refractivity contribution is 6.01. The van der Waals surface area contributed by atoms with Crippen molar-refractivity contribution in [1.82, 2.24) is 4.90 Å². The zero-order chi connectivity index (χ0) is 15.5. The van der Waals surface area contributed by atoms with Gasteiger partial charge in [0.25, 0.3) is 0 Å². The quantitative estimate of drug-likeness (QED) is 0.922. The smallest absolute Gasteiger partial charge is 0.309 e. The third-order valence-corrected chi connectivity index (χ3v) is 4.74. The van der Waals surface area contributed by atoms with Crippen LogP contribution in [-0.2, 0) is 9.59 Å². The minimum atomic E-state index is -0.867. The maximum Gasteiger partial charge on any atom is 0.309 e. The number of anilines is 1. The van der Waals surface area contributed by atoms with Crippen LogP contribution in [0, 0.1) is 11.8 Å². The number of likely N-dealkylation sites (tertiary alicyclic amines) is 1. The van der Waals surface area contributed by atoms with Crippen LogP contribution in [0.5, 0.6) is 0 Å². The van der Waals surface area contributed by atoms with E-state index in [0.29, 0.717) is 6.54 Å². The van der Waals surface area contributed by atoms with Gasteiger partial charge in [0.2, 0.25) is 5.91 Å². The molecule has 1 aromatic rings. The van der Waals surface area contributed by atoms with Gasteiger partial charge in [0.05, 0.1) is 11.8 Å². The van der Waals surface area contributed by atoms with Gasteiger partial charge in [-0.1, -0.05) is 24.6 Å². The van der Waals surface area contributed by atoms with E-state index in [1.807, 2.05) is 30.3 Å². The van der Waals surface area contributed by atoms with Gasteiger partial charge in [-0.05, 0) is 38.1 Å². The monoisotopic (exact) mass is 302 g/mol. The second-order valence-electron chi connectivity index (χ2n) is 6.20. The molecule has 2 fully saturated rings. The Morgan fingerprint density at radius 3 is 2.45 bits per heavy atom. The minimum Gasteiger partial charge on any atom is -0.481 e. The third kappa shape index (κ3) is 2.99. The number of piperidine rings is 1. The molecule has 0 bridgehead atoms. The second-order valence-corrected chi connectivity index (χ2v) is 6.20. The first-order valence-corrected chi connectivity index (χ1v) is 7.98. The predicted octanol–water partition coefficient (Wildman–Crippen LogP) is 1.84. The van der Waals surface area contributed by atoms with Crippen LogP contribution in [-0.4, -0.2) is 48.1 Å². The highest BCUT2D eigenvalue weighted by atomic mass is 16.4. The number of benzene rings is 1. The number of carbonyl (C=O) groups is 2. The van der Waals surface area contributed by atoms with Gasteiger partial charge in [0, 0.05) is 18.8 Å². The number of aliphatic carboxylic acids is 1. The van der Waals surface area contributed by atoms with Crippen LogP contribution in [0.25, 0.3) is 0 Å². The van der Waals surface area contributed by atoms with Gasteiger partial charge in [-0.25, -0.2) is 0 Å². The fourth-order valence-electron chi connectivity index (χ4n) is 3.50. The fourth-order valence-corrected chi connectivity index (χ4v) is 3.50. The van der Waals surface area contributed by atoms with E-state index >= 15 is 0 Å². The molecule has 5 nitrogen and oxygen atoms in total. The van der Waals surface area contributed by atoms with Crippen molar-refractivity contribution < 1.29 is 14.7 Å². The molecule has 2 unspecified atom stereocenters. The van der Waals surface area contributed by atoms with Crippen LogP contribution in [0.3, 0.4) is 0 Å². The Morgan fingerprint density at radius 1 is 1.14 bits per heavy atom. The SMILES string of the molecule is O=C(O)C1CN(c2ccccc2)C(=O)C1CN1CCCCC1. The van der Waals surface area contributed by atoms with Crippen molar-refractivity contribution in [1.29, 1.82) is 0 Å². The first-order valence-electron chi connectivity index (χ1n) is 7.98. The van der Waals surface area contributed by atoms with E-state index in [0.717, 1.165) is 31.6 Å². The summed E-state index contributed by atoms with van der Waals surface area (Å²) in [6.07, 6.45) is 3.51. The van der Waals surface area contributed by atoms with E-state index in [-0.39, 0.29) is 12.5 Å². The van der Waals surface area contributed by atoms with Gasteiger partial charge in [0.15, 0.2) is 0 Å². The highest BCUT2D eigenvalue weighted by Crippen LogP contribution is 2.31. The summed E-state index contributed by atoms with van der Waals surface area (Å²) in [7, 11) is 0. The molecule has 0 saturated carbocycles. The summed E-state index contributed by atoms with van der Waals surface area (Å²) in [5, 5.41) is 9.50. The number of nitrogens with zero attached hydrogens (tertiary/aromatic N) is 2. The first-order chi connectivity index (χ1) is 10.7. The average Bonchev–Trinajstić information content (AvgIpc) is 2.87. The van der Waals surface area contributed by atoms with Crippen LogP contribution in [0.15, 0.2) is 30.3 Å². The summed E-state index contributed by atoms with van der Waals surface area (Å²) in [4.78, 5) is 28.2. The molecule has 2 heterocycles. The average molecular weight is 302 g/mol. The van der Waals surface area contributed by atoms with Crippen molar-refractivity contribution in [2.24, 2.45) is 11.8 Å². The van der Waals surface area contributed by atoms with Crippen molar-refractivity contribution in [2.75, 3.05) is 31.1 Å². The molecule has 2 atom stereocenters. The zero-order valence-corrected chi connectivity index (χ0v) is 12.6. The van der Waals surface area contributed by atoms with Crippen LogP contribution in [0.4, 0.5) is 5.69 Å². The van der Waals surface area contributed by atoms with Gasteiger partial charge >= 0.3 is 5.97 Å². The van der Waals surface area contributed by atoms with E-state index in [1.165, 1.54) is 6.42 Å².